The second-order valence-corrected chi connectivity index (χ2v) is 4.60. The zero-order valence-electron chi connectivity index (χ0n) is 8.69. The number of benzene rings is 2. The van der Waals surface area contributed by atoms with Gasteiger partial charge in [0.15, 0.2) is 0 Å². The fourth-order valence-electron chi connectivity index (χ4n) is 1.32. The molecule has 2 aromatic carbocycles. The van der Waals surface area contributed by atoms with Crippen LogP contribution in [-0.4, -0.2) is 6.29 Å². The standard InChI is InChI=1S/C13H8BrClO2/c14-10-7-9(8-16)5-6-12(10)17-13-4-2-1-3-11(13)15/h1-8H. The van der Waals surface area contributed by atoms with Crippen LogP contribution in [-0.2, 0) is 0 Å². The Morgan fingerprint density at radius 3 is 2.53 bits per heavy atom. The molecule has 0 radical (unpaired) electrons. The summed E-state index contributed by atoms with van der Waals surface area (Å²) in [6, 6.07) is 12.3. The molecule has 0 unspecified atom stereocenters. The number of hydrogen-bond acceptors (Lipinski definition) is 2. The SMILES string of the molecule is O=Cc1ccc(Oc2ccccc2Cl)c(Br)c1. The van der Waals surface area contributed by atoms with E-state index in [1.54, 1.807) is 30.3 Å². The lowest BCUT2D eigenvalue weighted by Gasteiger charge is -2.09. The first kappa shape index (κ1) is 12.1. The van der Waals surface area contributed by atoms with Gasteiger partial charge in [-0.15, -0.1) is 0 Å². The van der Waals surface area contributed by atoms with E-state index in [1.165, 1.54) is 0 Å². The summed E-state index contributed by atoms with van der Waals surface area (Å²) in [5.74, 6) is 1.19. The summed E-state index contributed by atoms with van der Waals surface area (Å²) in [4.78, 5) is 10.6. The molecule has 0 N–H and O–H groups in total. The molecule has 86 valence electrons. The second-order valence-electron chi connectivity index (χ2n) is 3.34. The number of para-hydroxylation sites is 1. The first-order valence-corrected chi connectivity index (χ1v) is 6.05. The quantitative estimate of drug-likeness (QED) is 0.768. The fourth-order valence-corrected chi connectivity index (χ4v) is 1.97. The highest BCUT2D eigenvalue weighted by Gasteiger charge is 2.06. The van der Waals surface area contributed by atoms with Gasteiger partial charge in [0.05, 0.1) is 9.50 Å². The lowest BCUT2D eigenvalue weighted by molar-refractivity contribution is 0.112. The first-order valence-electron chi connectivity index (χ1n) is 4.88. The number of rotatable bonds is 3. The van der Waals surface area contributed by atoms with E-state index in [1.807, 2.05) is 12.1 Å². The van der Waals surface area contributed by atoms with E-state index in [4.69, 9.17) is 16.3 Å². The maximum atomic E-state index is 10.6. The Labute approximate surface area is 112 Å². The molecule has 0 aliphatic heterocycles. The van der Waals surface area contributed by atoms with Crippen LogP contribution in [0.3, 0.4) is 0 Å². The number of halogens is 2. The Balaban J connectivity index is 2.31. The number of hydrogen-bond donors (Lipinski definition) is 0. The van der Waals surface area contributed by atoms with Gasteiger partial charge in [-0.3, -0.25) is 4.79 Å². The van der Waals surface area contributed by atoms with Crippen LogP contribution in [0.2, 0.25) is 5.02 Å². The van der Waals surface area contributed by atoms with Crippen molar-refractivity contribution in [1.29, 1.82) is 0 Å². The Hall–Kier alpha value is -1.32. The Bertz CT molecular complexity index is 555. The summed E-state index contributed by atoms with van der Waals surface area (Å²) in [6.45, 7) is 0. The van der Waals surface area contributed by atoms with Gasteiger partial charge >= 0.3 is 0 Å². The van der Waals surface area contributed by atoms with E-state index in [-0.39, 0.29) is 0 Å². The van der Waals surface area contributed by atoms with E-state index in [9.17, 15) is 4.79 Å². The monoisotopic (exact) mass is 310 g/mol. The largest absolute Gasteiger partial charge is 0.455 e. The molecule has 0 amide bonds. The fraction of sp³-hybridized carbons (Fsp3) is 0. The van der Waals surface area contributed by atoms with Crippen molar-refractivity contribution in [3.8, 4) is 11.5 Å². The number of carbonyl (C=O) groups excluding carboxylic acids is 1. The van der Waals surface area contributed by atoms with Gasteiger partial charge in [-0.05, 0) is 46.3 Å². The summed E-state index contributed by atoms with van der Waals surface area (Å²) in [7, 11) is 0. The van der Waals surface area contributed by atoms with Gasteiger partial charge in [0.1, 0.15) is 17.8 Å². The maximum Gasteiger partial charge on any atom is 0.150 e. The van der Waals surface area contributed by atoms with Crippen molar-refractivity contribution in [3.05, 3.63) is 57.5 Å². The normalized spacial score (nSPS) is 10.0. The molecule has 2 rings (SSSR count). The third-order valence-corrected chi connectivity index (χ3v) is 3.08. The van der Waals surface area contributed by atoms with Crippen molar-refractivity contribution in [3.63, 3.8) is 0 Å². The molecule has 0 bridgehead atoms. The minimum Gasteiger partial charge on any atom is -0.455 e. The minimum absolute atomic E-state index is 0.541. The molecule has 0 atom stereocenters. The van der Waals surface area contributed by atoms with Crippen molar-refractivity contribution >= 4 is 33.8 Å². The third kappa shape index (κ3) is 2.87. The van der Waals surface area contributed by atoms with Crippen molar-refractivity contribution < 1.29 is 9.53 Å². The molecule has 2 nitrogen and oxygen atoms in total. The van der Waals surface area contributed by atoms with E-state index >= 15 is 0 Å². The Morgan fingerprint density at radius 1 is 1.12 bits per heavy atom. The summed E-state index contributed by atoms with van der Waals surface area (Å²) >= 11 is 9.33. The molecule has 0 aliphatic rings. The number of ether oxygens (including phenoxy) is 1. The Morgan fingerprint density at radius 2 is 1.88 bits per heavy atom. The van der Waals surface area contributed by atoms with Crippen molar-refractivity contribution in [1.82, 2.24) is 0 Å². The third-order valence-electron chi connectivity index (χ3n) is 2.15. The van der Waals surface area contributed by atoms with Crippen molar-refractivity contribution in [2.24, 2.45) is 0 Å². The van der Waals surface area contributed by atoms with Gasteiger partial charge in [0.2, 0.25) is 0 Å². The number of carbonyl (C=O) groups is 1. The highest BCUT2D eigenvalue weighted by molar-refractivity contribution is 9.10. The summed E-state index contributed by atoms with van der Waals surface area (Å²) in [6.07, 6.45) is 0.782. The summed E-state index contributed by atoms with van der Waals surface area (Å²) in [5, 5.41) is 0.541. The Kier molecular flexibility index (Phi) is 3.82. The molecule has 4 heteroatoms. The minimum atomic E-state index is 0.541. The van der Waals surface area contributed by atoms with Crippen LogP contribution in [0.4, 0.5) is 0 Å². The van der Waals surface area contributed by atoms with E-state index < -0.39 is 0 Å². The average Bonchev–Trinajstić information content (AvgIpc) is 2.34. The van der Waals surface area contributed by atoms with Crippen LogP contribution < -0.4 is 4.74 Å². The molecule has 0 aliphatic carbocycles. The molecule has 0 heterocycles. The van der Waals surface area contributed by atoms with Crippen LogP contribution in [0.15, 0.2) is 46.9 Å². The molecular weight excluding hydrogens is 303 g/mol. The van der Waals surface area contributed by atoms with Gasteiger partial charge < -0.3 is 4.74 Å². The van der Waals surface area contributed by atoms with Crippen molar-refractivity contribution in [2.75, 3.05) is 0 Å². The summed E-state index contributed by atoms with van der Waals surface area (Å²) in [5.41, 5.74) is 0.586. The van der Waals surface area contributed by atoms with Gasteiger partial charge in [0, 0.05) is 5.56 Å². The van der Waals surface area contributed by atoms with Crippen molar-refractivity contribution in [2.45, 2.75) is 0 Å². The highest BCUT2D eigenvalue weighted by Crippen LogP contribution is 2.33. The molecular formula is C13H8BrClO2. The molecule has 2 aromatic rings. The molecule has 0 fully saturated rings. The molecule has 0 saturated carbocycles. The van der Waals surface area contributed by atoms with Crippen LogP contribution in [0.1, 0.15) is 10.4 Å². The van der Waals surface area contributed by atoms with E-state index in [0.29, 0.717) is 26.6 Å². The van der Waals surface area contributed by atoms with Crippen LogP contribution in [0, 0.1) is 0 Å². The van der Waals surface area contributed by atoms with Gasteiger partial charge in [-0.25, -0.2) is 0 Å². The summed E-state index contributed by atoms with van der Waals surface area (Å²) < 4.78 is 6.35. The molecule has 0 spiro atoms. The van der Waals surface area contributed by atoms with E-state index in [2.05, 4.69) is 15.9 Å². The maximum absolute atomic E-state index is 10.6. The predicted octanol–water partition coefficient (Wildman–Crippen LogP) is 4.71. The molecule has 17 heavy (non-hydrogen) atoms. The lowest BCUT2D eigenvalue weighted by Crippen LogP contribution is -1.88. The van der Waals surface area contributed by atoms with Gasteiger partial charge in [-0.1, -0.05) is 23.7 Å². The number of aldehydes is 1. The second kappa shape index (κ2) is 5.34. The van der Waals surface area contributed by atoms with E-state index in [0.717, 1.165) is 6.29 Å². The topological polar surface area (TPSA) is 26.3 Å². The zero-order chi connectivity index (χ0) is 12.3. The first-order chi connectivity index (χ1) is 8.20. The molecule has 0 aromatic heterocycles. The molecule has 0 saturated heterocycles. The van der Waals surface area contributed by atoms with Crippen LogP contribution >= 0.6 is 27.5 Å². The average molecular weight is 312 g/mol. The van der Waals surface area contributed by atoms with Gasteiger partial charge in [-0.2, -0.15) is 0 Å². The predicted molar refractivity (Wildman–Crippen MR) is 71.1 cm³/mol. The lowest BCUT2D eigenvalue weighted by atomic mass is 10.2. The highest BCUT2D eigenvalue weighted by atomic mass is 79.9. The van der Waals surface area contributed by atoms with Gasteiger partial charge in [0.25, 0.3) is 0 Å². The zero-order valence-corrected chi connectivity index (χ0v) is 11.0. The smallest absolute Gasteiger partial charge is 0.150 e. The van der Waals surface area contributed by atoms with Crippen LogP contribution in [0.5, 0.6) is 11.5 Å². The van der Waals surface area contributed by atoms with Crippen LogP contribution in [0.25, 0.3) is 0 Å².